The van der Waals surface area contributed by atoms with E-state index in [4.69, 9.17) is 0 Å². The second-order valence-corrected chi connectivity index (χ2v) is 3.33. The van der Waals surface area contributed by atoms with Crippen molar-refractivity contribution < 1.29 is 26.3 Å². The van der Waals surface area contributed by atoms with Gasteiger partial charge >= 0.3 is 12.4 Å². The molecule has 0 aromatic carbocycles. The van der Waals surface area contributed by atoms with Crippen LogP contribution >= 0.6 is 0 Å². The summed E-state index contributed by atoms with van der Waals surface area (Å²) in [4.78, 5) is 0. The molecule has 84 valence electrons. The molecule has 0 unspecified atom stereocenters. The van der Waals surface area contributed by atoms with E-state index in [0.29, 0.717) is 0 Å². The van der Waals surface area contributed by atoms with Gasteiger partial charge in [0.2, 0.25) is 0 Å². The average Bonchev–Trinajstić information content (AvgIpc) is 2.02. The molecule has 14 heavy (non-hydrogen) atoms. The Morgan fingerprint density at radius 1 is 0.786 bits per heavy atom. The van der Waals surface area contributed by atoms with E-state index < -0.39 is 30.6 Å². The lowest BCUT2D eigenvalue weighted by Gasteiger charge is -2.40. The number of hydrogen-bond acceptors (Lipinski definition) is 1. The Balaban J connectivity index is 3.01. The highest BCUT2D eigenvalue weighted by Crippen LogP contribution is 2.55. The van der Waals surface area contributed by atoms with Gasteiger partial charge in [-0.15, -0.1) is 0 Å². The second kappa shape index (κ2) is 3.29. The van der Waals surface area contributed by atoms with Crippen molar-refractivity contribution in [2.75, 3.05) is 13.1 Å². The number of piperidine rings is 1. The first-order chi connectivity index (χ1) is 6.21. The lowest BCUT2D eigenvalue weighted by Crippen LogP contribution is -2.55. The van der Waals surface area contributed by atoms with Crippen molar-refractivity contribution in [3.05, 3.63) is 0 Å². The van der Waals surface area contributed by atoms with E-state index in [1.807, 2.05) is 0 Å². The summed E-state index contributed by atoms with van der Waals surface area (Å²) < 4.78 is 74.1. The van der Waals surface area contributed by atoms with Crippen molar-refractivity contribution >= 4 is 0 Å². The highest BCUT2D eigenvalue weighted by molar-refractivity contribution is 4.96. The number of alkyl halides is 6. The Morgan fingerprint density at radius 2 is 1.14 bits per heavy atom. The molecule has 0 aromatic rings. The van der Waals surface area contributed by atoms with Crippen molar-refractivity contribution in [1.29, 1.82) is 0 Å². The number of hydrogen-bond donors (Lipinski definition) is 1. The van der Waals surface area contributed by atoms with Gasteiger partial charge in [0.05, 0.1) is 0 Å². The fourth-order valence-corrected chi connectivity index (χ4v) is 1.58. The second-order valence-electron chi connectivity index (χ2n) is 3.33. The molecule has 1 N–H and O–H groups in total. The number of halogens is 6. The molecule has 0 radical (unpaired) electrons. The van der Waals surface area contributed by atoms with Crippen LogP contribution in [0.4, 0.5) is 26.3 Å². The molecule has 0 bridgehead atoms. The first-order valence-electron chi connectivity index (χ1n) is 4.05. The van der Waals surface area contributed by atoms with Gasteiger partial charge in [0.15, 0.2) is 5.41 Å². The maximum atomic E-state index is 12.3. The molecule has 0 amide bonds. The van der Waals surface area contributed by atoms with Crippen molar-refractivity contribution in [2.24, 2.45) is 5.41 Å². The topological polar surface area (TPSA) is 12.0 Å². The van der Waals surface area contributed by atoms with Crippen molar-refractivity contribution in [3.63, 3.8) is 0 Å². The lowest BCUT2D eigenvalue weighted by molar-refractivity contribution is -0.347. The number of nitrogens with one attached hydrogen (secondary N) is 1. The molecule has 1 heterocycles. The van der Waals surface area contributed by atoms with E-state index in [1.165, 1.54) is 0 Å². The molecule has 7 heteroatoms. The average molecular weight is 221 g/mol. The predicted molar refractivity (Wildman–Crippen MR) is 36.6 cm³/mol. The molecule has 1 nitrogen and oxygen atoms in total. The summed E-state index contributed by atoms with van der Waals surface area (Å²) in [6, 6.07) is 0. The van der Waals surface area contributed by atoms with Crippen LogP contribution in [-0.2, 0) is 0 Å². The molecular formula is C7H9F6N. The van der Waals surface area contributed by atoms with Gasteiger partial charge < -0.3 is 5.32 Å². The summed E-state index contributed by atoms with van der Waals surface area (Å²) in [5, 5.41) is 2.48. The zero-order valence-electron chi connectivity index (χ0n) is 7.10. The molecule has 0 spiro atoms. The normalized spacial score (nSPS) is 23.6. The zero-order valence-corrected chi connectivity index (χ0v) is 7.10. The zero-order chi connectivity index (χ0) is 11.0. The van der Waals surface area contributed by atoms with Gasteiger partial charge in [-0.25, -0.2) is 0 Å². The monoisotopic (exact) mass is 221 g/mol. The van der Waals surface area contributed by atoms with Crippen molar-refractivity contribution in [2.45, 2.75) is 25.2 Å². The van der Waals surface area contributed by atoms with Crippen LogP contribution in [0.3, 0.4) is 0 Å². The van der Waals surface area contributed by atoms with Crippen LogP contribution in [0.5, 0.6) is 0 Å². The summed E-state index contributed by atoms with van der Waals surface area (Å²) >= 11 is 0. The molecule has 0 aromatic heterocycles. The van der Waals surface area contributed by atoms with E-state index >= 15 is 0 Å². The predicted octanol–water partition coefficient (Wildman–Crippen LogP) is 2.48. The van der Waals surface area contributed by atoms with E-state index in [9.17, 15) is 26.3 Å². The molecule has 1 rings (SSSR count). The van der Waals surface area contributed by atoms with Crippen LogP contribution < -0.4 is 5.32 Å². The smallest absolute Gasteiger partial charge is 0.317 e. The SMILES string of the molecule is FC(F)(F)C1(C(F)(F)F)CCNCC1. The third-order valence-electron chi connectivity index (χ3n) is 2.54. The van der Waals surface area contributed by atoms with Gasteiger partial charge in [-0.3, -0.25) is 0 Å². The summed E-state index contributed by atoms with van der Waals surface area (Å²) in [6.07, 6.45) is -12.3. The standard InChI is InChI=1S/C7H9F6N/c8-6(9,10)5(7(11,12)13)1-3-14-4-2-5/h14H,1-4H2. The molecule has 1 saturated heterocycles. The molecule has 0 aliphatic carbocycles. The molecule has 0 saturated carbocycles. The fraction of sp³-hybridized carbons (Fsp3) is 1.00. The first-order valence-corrected chi connectivity index (χ1v) is 4.05. The molecule has 0 atom stereocenters. The first kappa shape index (κ1) is 11.6. The summed E-state index contributed by atoms with van der Waals surface area (Å²) in [6.45, 7) is -0.502. The highest BCUT2D eigenvalue weighted by atomic mass is 19.4. The highest BCUT2D eigenvalue weighted by Gasteiger charge is 2.69. The molecule has 1 aliphatic heterocycles. The Kier molecular flexibility index (Phi) is 2.73. The fourth-order valence-electron chi connectivity index (χ4n) is 1.58. The molecule has 1 aliphatic rings. The van der Waals surface area contributed by atoms with Crippen LogP contribution in [0, 0.1) is 5.41 Å². The third kappa shape index (κ3) is 1.69. The van der Waals surface area contributed by atoms with Gasteiger partial charge in [0, 0.05) is 0 Å². The minimum absolute atomic E-state index is 0.251. The minimum atomic E-state index is -5.21. The lowest BCUT2D eigenvalue weighted by atomic mass is 9.77. The largest absolute Gasteiger partial charge is 0.403 e. The van der Waals surface area contributed by atoms with Crippen molar-refractivity contribution in [3.8, 4) is 0 Å². The van der Waals surface area contributed by atoms with Gasteiger partial charge in [0.1, 0.15) is 0 Å². The minimum Gasteiger partial charge on any atom is -0.317 e. The number of rotatable bonds is 0. The van der Waals surface area contributed by atoms with Gasteiger partial charge in [0.25, 0.3) is 0 Å². The Morgan fingerprint density at radius 3 is 1.36 bits per heavy atom. The quantitative estimate of drug-likeness (QED) is 0.619. The summed E-state index contributed by atoms with van der Waals surface area (Å²) in [5.41, 5.74) is -3.51. The Bertz CT molecular complexity index is 183. The van der Waals surface area contributed by atoms with E-state index in [2.05, 4.69) is 5.32 Å². The van der Waals surface area contributed by atoms with Crippen molar-refractivity contribution in [1.82, 2.24) is 5.32 Å². The van der Waals surface area contributed by atoms with Crippen LogP contribution in [0.1, 0.15) is 12.8 Å². The van der Waals surface area contributed by atoms with Crippen LogP contribution in [-0.4, -0.2) is 25.4 Å². The van der Waals surface area contributed by atoms with Crippen LogP contribution in [0.2, 0.25) is 0 Å². The molecular weight excluding hydrogens is 212 g/mol. The summed E-state index contributed by atoms with van der Waals surface area (Å²) in [5.74, 6) is 0. The van der Waals surface area contributed by atoms with Gasteiger partial charge in [-0.2, -0.15) is 26.3 Å². The maximum Gasteiger partial charge on any atom is 0.403 e. The Hall–Kier alpha value is -0.460. The summed E-state index contributed by atoms with van der Waals surface area (Å²) in [7, 11) is 0. The van der Waals surface area contributed by atoms with Gasteiger partial charge in [-0.05, 0) is 25.9 Å². The van der Waals surface area contributed by atoms with E-state index in [1.54, 1.807) is 0 Å². The van der Waals surface area contributed by atoms with E-state index in [-0.39, 0.29) is 13.1 Å². The molecule has 1 fully saturated rings. The Labute approximate surface area is 76.5 Å². The maximum absolute atomic E-state index is 12.3. The van der Waals surface area contributed by atoms with E-state index in [0.717, 1.165) is 0 Å². The van der Waals surface area contributed by atoms with Gasteiger partial charge in [-0.1, -0.05) is 0 Å². The van der Waals surface area contributed by atoms with Crippen LogP contribution in [0.25, 0.3) is 0 Å². The third-order valence-corrected chi connectivity index (χ3v) is 2.54. The van der Waals surface area contributed by atoms with Crippen LogP contribution in [0.15, 0.2) is 0 Å².